The van der Waals surface area contributed by atoms with Crippen LogP contribution >= 0.6 is 0 Å². The predicted molar refractivity (Wildman–Crippen MR) is 80.9 cm³/mol. The molecule has 0 spiro atoms. The number of rotatable bonds is 0. The van der Waals surface area contributed by atoms with Crippen molar-refractivity contribution in [3.8, 4) is 5.75 Å². The van der Waals surface area contributed by atoms with Gasteiger partial charge in [0.2, 0.25) is 0 Å². The summed E-state index contributed by atoms with van der Waals surface area (Å²) in [6.07, 6.45) is 7.67. The molecule has 1 aromatic rings. The highest BCUT2D eigenvalue weighted by molar-refractivity contribution is 5.59. The van der Waals surface area contributed by atoms with E-state index in [0.29, 0.717) is 17.1 Å². The predicted octanol–water partition coefficient (Wildman–Crippen LogP) is 2.66. The minimum absolute atomic E-state index is 0.278. The molecule has 2 aliphatic carbocycles. The third-order valence-electron chi connectivity index (χ3n) is 6.26. The number of anilines is 1. The molecule has 4 rings (SSSR count). The number of phenols is 1. The molecule has 0 amide bonds. The van der Waals surface area contributed by atoms with Crippen LogP contribution in [0.1, 0.15) is 43.2 Å². The Labute approximate surface area is 120 Å². The maximum absolute atomic E-state index is 10.1. The molecule has 1 aliphatic heterocycles. The highest BCUT2D eigenvalue weighted by atomic mass is 16.3. The molecular formula is C17H24N2O. The third-order valence-corrected chi connectivity index (χ3v) is 6.26. The largest absolute Gasteiger partial charge is 0.506 e. The van der Waals surface area contributed by atoms with Gasteiger partial charge >= 0.3 is 0 Å². The van der Waals surface area contributed by atoms with E-state index in [1.165, 1.54) is 49.8 Å². The summed E-state index contributed by atoms with van der Waals surface area (Å²) < 4.78 is 0. The summed E-state index contributed by atoms with van der Waals surface area (Å²) in [4.78, 5) is 2.56. The summed E-state index contributed by atoms with van der Waals surface area (Å²) in [5.74, 6) is 1.05. The molecule has 108 valence electrons. The smallest absolute Gasteiger partial charge is 0.138 e. The topological polar surface area (TPSA) is 49.5 Å². The number of likely N-dealkylation sites (N-methyl/N-ethyl adjacent to an activating group) is 1. The Morgan fingerprint density at radius 1 is 1.30 bits per heavy atom. The lowest BCUT2D eigenvalue weighted by molar-refractivity contribution is 0.00277. The van der Waals surface area contributed by atoms with Crippen LogP contribution in [0.5, 0.6) is 5.75 Å². The van der Waals surface area contributed by atoms with Crippen LogP contribution < -0.4 is 5.73 Å². The SMILES string of the molecule is CN1CC[C@]23CCCC[C@H]2[C@@H]1Cc1cc(N)c(O)cc13. The van der Waals surface area contributed by atoms with E-state index in [4.69, 9.17) is 5.73 Å². The number of hydrogen-bond donors (Lipinski definition) is 2. The van der Waals surface area contributed by atoms with Gasteiger partial charge in [-0.15, -0.1) is 0 Å². The molecule has 3 atom stereocenters. The average molecular weight is 272 g/mol. The number of aromatic hydroxyl groups is 1. The number of nitrogen functional groups attached to an aromatic ring is 1. The van der Waals surface area contributed by atoms with Crippen LogP contribution in [0.4, 0.5) is 5.69 Å². The Kier molecular flexibility index (Phi) is 2.59. The van der Waals surface area contributed by atoms with Crippen LogP contribution in [0.3, 0.4) is 0 Å². The molecule has 20 heavy (non-hydrogen) atoms. The standard InChI is InChI=1S/C17H24N2O/c1-19-7-6-17-5-3-2-4-12(17)15(19)9-11-8-14(18)16(20)10-13(11)17/h8,10,12,15,20H,2-7,9,18H2,1H3/t12-,15-,17+/m0/s1. The van der Waals surface area contributed by atoms with Crippen molar-refractivity contribution in [2.24, 2.45) is 5.92 Å². The van der Waals surface area contributed by atoms with E-state index in [1.54, 1.807) is 0 Å². The van der Waals surface area contributed by atoms with Crippen molar-refractivity contribution >= 4 is 5.69 Å². The number of nitrogens with zero attached hydrogens (tertiary/aromatic N) is 1. The summed E-state index contributed by atoms with van der Waals surface area (Å²) in [7, 11) is 2.28. The van der Waals surface area contributed by atoms with Crippen LogP contribution in [-0.4, -0.2) is 29.6 Å². The minimum atomic E-state index is 0.278. The highest BCUT2D eigenvalue weighted by Gasteiger charge is 2.53. The summed E-state index contributed by atoms with van der Waals surface area (Å²) in [6.45, 7) is 1.19. The molecular weight excluding hydrogens is 248 g/mol. The van der Waals surface area contributed by atoms with Crippen LogP contribution in [-0.2, 0) is 11.8 Å². The molecule has 1 aromatic carbocycles. The molecule has 3 aliphatic rings. The number of nitrogens with two attached hydrogens (primary N) is 1. The monoisotopic (exact) mass is 272 g/mol. The van der Waals surface area contributed by atoms with Gasteiger partial charge in [-0.05, 0) is 68.5 Å². The molecule has 0 aromatic heterocycles. The number of hydrogen-bond acceptors (Lipinski definition) is 3. The number of benzene rings is 1. The lowest BCUT2D eigenvalue weighted by Gasteiger charge is -2.58. The number of likely N-dealkylation sites (tertiary alicyclic amines) is 1. The minimum Gasteiger partial charge on any atom is -0.506 e. The van der Waals surface area contributed by atoms with Crippen LogP contribution in [0, 0.1) is 5.92 Å². The molecule has 1 saturated heterocycles. The van der Waals surface area contributed by atoms with Gasteiger partial charge in [0.05, 0.1) is 5.69 Å². The fraction of sp³-hybridized carbons (Fsp3) is 0.647. The first-order valence-electron chi connectivity index (χ1n) is 7.94. The molecule has 1 heterocycles. The van der Waals surface area contributed by atoms with E-state index in [9.17, 15) is 5.11 Å². The van der Waals surface area contributed by atoms with E-state index in [2.05, 4.69) is 11.9 Å². The lowest BCUT2D eigenvalue weighted by Crippen LogP contribution is -2.59. The highest BCUT2D eigenvalue weighted by Crippen LogP contribution is 2.56. The lowest BCUT2D eigenvalue weighted by atomic mass is 9.52. The van der Waals surface area contributed by atoms with Crippen LogP contribution in [0.15, 0.2) is 12.1 Å². The van der Waals surface area contributed by atoms with Gasteiger partial charge in [0.25, 0.3) is 0 Å². The van der Waals surface area contributed by atoms with Crippen LogP contribution in [0.25, 0.3) is 0 Å². The van der Waals surface area contributed by atoms with Crippen molar-refractivity contribution in [1.82, 2.24) is 4.90 Å². The number of piperidine rings is 1. The second-order valence-corrected chi connectivity index (χ2v) is 7.08. The normalized spacial score (nSPS) is 36.2. The zero-order valence-electron chi connectivity index (χ0n) is 12.2. The maximum atomic E-state index is 10.1. The Bertz CT molecular complexity index is 556. The Morgan fingerprint density at radius 3 is 3.00 bits per heavy atom. The summed E-state index contributed by atoms with van der Waals surface area (Å²) in [5.41, 5.74) is 9.58. The van der Waals surface area contributed by atoms with Crippen molar-refractivity contribution in [3.63, 3.8) is 0 Å². The van der Waals surface area contributed by atoms with Gasteiger partial charge in [-0.1, -0.05) is 12.8 Å². The third kappa shape index (κ3) is 1.50. The number of fused-ring (bicyclic) bond motifs is 1. The molecule has 0 unspecified atom stereocenters. The molecule has 3 nitrogen and oxygen atoms in total. The van der Waals surface area contributed by atoms with Gasteiger partial charge in [-0.2, -0.15) is 0 Å². The maximum Gasteiger partial charge on any atom is 0.138 e. The zero-order chi connectivity index (χ0) is 13.9. The molecule has 3 N–H and O–H groups in total. The van der Waals surface area contributed by atoms with E-state index in [-0.39, 0.29) is 5.75 Å². The van der Waals surface area contributed by atoms with Crippen molar-refractivity contribution < 1.29 is 5.11 Å². The molecule has 2 fully saturated rings. The molecule has 1 saturated carbocycles. The molecule has 0 radical (unpaired) electrons. The van der Waals surface area contributed by atoms with Gasteiger partial charge < -0.3 is 15.7 Å². The van der Waals surface area contributed by atoms with Gasteiger partial charge in [-0.25, -0.2) is 0 Å². The Balaban J connectivity index is 1.92. The van der Waals surface area contributed by atoms with Crippen molar-refractivity contribution in [1.29, 1.82) is 0 Å². The van der Waals surface area contributed by atoms with Gasteiger partial charge in [0.1, 0.15) is 5.75 Å². The van der Waals surface area contributed by atoms with E-state index >= 15 is 0 Å². The average Bonchev–Trinajstić information content (AvgIpc) is 2.45. The van der Waals surface area contributed by atoms with Crippen molar-refractivity contribution in [2.45, 2.75) is 50.0 Å². The van der Waals surface area contributed by atoms with E-state index in [1.807, 2.05) is 12.1 Å². The molecule has 2 bridgehead atoms. The van der Waals surface area contributed by atoms with Gasteiger partial charge in [0, 0.05) is 11.5 Å². The van der Waals surface area contributed by atoms with E-state index < -0.39 is 0 Å². The van der Waals surface area contributed by atoms with E-state index in [0.717, 1.165) is 12.3 Å². The first-order valence-corrected chi connectivity index (χ1v) is 7.94. The second-order valence-electron chi connectivity index (χ2n) is 7.08. The first-order chi connectivity index (χ1) is 9.62. The fourth-order valence-electron chi connectivity index (χ4n) is 5.26. The molecule has 3 heteroatoms. The summed E-state index contributed by atoms with van der Waals surface area (Å²) in [5, 5.41) is 10.1. The van der Waals surface area contributed by atoms with Crippen molar-refractivity contribution in [2.75, 3.05) is 19.3 Å². The van der Waals surface area contributed by atoms with Gasteiger partial charge in [-0.3, -0.25) is 0 Å². The van der Waals surface area contributed by atoms with Gasteiger partial charge in [0.15, 0.2) is 0 Å². The van der Waals surface area contributed by atoms with Crippen LogP contribution in [0.2, 0.25) is 0 Å². The Morgan fingerprint density at radius 2 is 2.15 bits per heavy atom. The first kappa shape index (κ1) is 12.5. The quantitative estimate of drug-likeness (QED) is 0.564. The summed E-state index contributed by atoms with van der Waals surface area (Å²) >= 11 is 0. The Hall–Kier alpha value is -1.22. The second kappa shape index (κ2) is 4.14. The summed E-state index contributed by atoms with van der Waals surface area (Å²) in [6, 6.07) is 4.69. The van der Waals surface area contributed by atoms with Crippen molar-refractivity contribution in [3.05, 3.63) is 23.3 Å². The fourth-order valence-corrected chi connectivity index (χ4v) is 5.26. The zero-order valence-corrected chi connectivity index (χ0v) is 12.2. The number of phenolic OH excluding ortho intramolecular Hbond substituents is 1.